The maximum atomic E-state index is 12.4. The first kappa shape index (κ1) is 47.8. The lowest BCUT2D eigenvalue weighted by molar-refractivity contribution is -0.124. The Hall–Kier alpha value is -1.17. The van der Waals surface area contributed by atoms with E-state index in [1.54, 1.807) is 6.08 Å². The van der Waals surface area contributed by atoms with Crippen molar-refractivity contribution in [2.24, 2.45) is 0 Å². The molecular formula is C44H85NO4. The van der Waals surface area contributed by atoms with Crippen LogP contribution in [-0.4, -0.2) is 46.1 Å². The average Bonchev–Trinajstić information content (AvgIpc) is 3.09. The summed E-state index contributed by atoms with van der Waals surface area (Å²) in [6, 6.07) is -0.740. The van der Waals surface area contributed by atoms with Gasteiger partial charge in [0.25, 0.3) is 0 Å². The third kappa shape index (κ3) is 36.4. The van der Waals surface area contributed by atoms with Crippen LogP contribution in [0.1, 0.15) is 226 Å². The van der Waals surface area contributed by atoms with Crippen molar-refractivity contribution in [3.05, 3.63) is 24.3 Å². The highest BCUT2D eigenvalue weighted by atomic mass is 16.3. The average molecular weight is 692 g/mol. The van der Waals surface area contributed by atoms with Crippen LogP contribution in [0.3, 0.4) is 0 Å². The standard InChI is InChI=1S/C44H85NO4/c1-3-5-7-9-11-13-14-15-16-17-18-19-20-21-22-23-24-25-26-27-28-30-31-33-35-37-41(47)39-44(49)45-42(40-46)43(48)38-36-34-32-29-12-10-8-6-4-2/h21-22,36,38,41-43,46-48H,3-20,23-35,37,39-40H2,1-2H3,(H,45,49)/b22-21-,38-36+. The van der Waals surface area contributed by atoms with Crippen molar-refractivity contribution in [2.75, 3.05) is 6.61 Å². The fraction of sp³-hybridized carbons (Fsp3) is 0.886. The Labute approximate surface area is 305 Å². The molecule has 0 aromatic rings. The van der Waals surface area contributed by atoms with Gasteiger partial charge in [0.05, 0.1) is 31.3 Å². The topological polar surface area (TPSA) is 89.8 Å². The van der Waals surface area contributed by atoms with E-state index in [0.29, 0.717) is 6.42 Å². The molecule has 0 aromatic carbocycles. The van der Waals surface area contributed by atoms with E-state index in [1.807, 2.05) is 6.08 Å². The second-order valence-electron chi connectivity index (χ2n) is 15.0. The van der Waals surface area contributed by atoms with Crippen molar-refractivity contribution in [1.29, 1.82) is 0 Å². The number of hydrogen-bond acceptors (Lipinski definition) is 4. The van der Waals surface area contributed by atoms with Gasteiger partial charge in [-0.2, -0.15) is 0 Å². The molecule has 0 heterocycles. The number of hydrogen-bond donors (Lipinski definition) is 4. The number of aliphatic hydroxyl groups is 3. The number of rotatable bonds is 39. The van der Waals surface area contributed by atoms with E-state index in [0.717, 1.165) is 25.7 Å². The lowest BCUT2D eigenvalue weighted by Crippen LogP contribution is -2.45. The Morgan fingerprint density at radius 2 is 0.857 bits per heavy atom. The van der Waals surface area contributed by atoms with E-state index < -0.39 is 18.2 Å². The molecule has 1 amide bonds. The molecule has 290 valence electrons. The molecule has 0 bridgehead atoms. The van der Waals surface area contributed by atoms with Gasteiger partial charge in [0, 0.05) is 0 Å². The minimum Gasteiger partial charge on any atom is -0.394 e. The number of carbonyl (C=O) groups is 1. The van der Waals surface area contributed by atoms with Gasteiger partial charge in [0.15, 0.2) is 0 Å². The number of aliphatic hydroxyl groups excluding tert-OH is 3. The van der Waals surface area contributed by atoms with Gasteiger partial charge in [-0.05, 0) is 44.9 Å². The summed E-state index contributed by atoms with van der Waals surface area (Å²) in [5.74, 6) is -0.318. The molecule has 3 atom stereocenters. The van der Waals surface area contributed by atoms with Crippen molar-refractivity contribution >= 4 is 5.91 Å². The number of nitrogens with one attached hydrogen (secondary N) is 1. The molecule has 0 rings (SSSR count). The lowest BCUT2D eigenvalue weighted by atomic mass is 10.0. The highest BCUT2D eigenvalue weighted by Crippen LogP contribution is 2.15. The smallest absolute Gasteiger partial charge is 0.222 e. The zero-order valence-corrected chi connectivity index (χ0v) is 32.8. The molecule has 0 aliphatic heterocycles. The molecule has 4 N–H and O–H groups in total. The zero-order valence-electron chi connectivity index (χ0n) is 32.8. The Bertz CT molecular complexity index is 724. The Kier molecular flexibility index (Phi) is 38.7. The molecule has 5 heteroatoms. The van der Waals surface area contributed by atoms with Gasteiger partial charge in [-0.25, -0.2) is 0 Å². The quantitative estimate of drug-likeness (QED) is 0.0381. The SMILES string of the molecule is CCCCCCCCC/C=C/C(O)C(CO)NC(=O)CC(O)CCCCCCCCCCC/C=C\CCCCCCCCCCCCCC. The Morgan fingerprint density at radius 3 is 1.24 bits per heavy atom. The molecule has 0 spiro atoms. The second-order valence-corrected chi connectivity index (χ2v) is 15.0. The van der Waals surface area contributed by atoms with E-state index in [9.17, 15) is 20.1 Å². The van der Waals surface area contributed by atoms with Gasteiger partial charge < -0.3 is 20.6 Å². The van der Waals surface area contributed by atoms with Gasteiger partial charge in [-0.3, -0.25) is 4.79 Å². The maximum absolute atomic E-state index is 12.4. The van der Waals surface area contributed by atoms with Crippen LogP contribution in [0, 0.1) is 0 Å². The summed E-state index contributed by atoms with van der Waals surface area (Å²) in [6.07, 6.45) is 47.6. The molecule has 0 fully saturated rings. The number of allylic oxidation sites excluding steroid dienone is 3. The minimum absolute atomic E-state index is 0.0134. The summed E-state index contributed by atoms with van der Waals surface area (Å²) < 4.78 is 0. The molecule has 3 unspecified atom stereocenters. The van der Waals surface area contributed by atoms with Crippen LogP contribution >= 0.6 is 0 Å². The molecule has 0 saturated carbocycles. The van der Waals surface area contributed by atoms with Crippen LogP contribution in [0.2, 0.25) is 0 Å². The Morgan fingerprint density at radius 1 is 0.510 bits per heavy atom. The van der Waals surface area contributed by atoms with Crippen LogP contribution in [0.4, 0.5) is 0 Å². The monoisotopic (exact) mass is 692 g/mol. The molecule has 0 saturated heterocycles. The van der Waals surface area contributed by atoms with Crippen LogP contribution in [0.15, 0.2) is 24.3 Å². The number of amides is 1. The first-order chi connectivity index (χ1) is 24.0. The highest BCUT2D eigenvalue weighted by molar-refractivity contribution is 5.76. The van der Waals surface area contributed by atoms with E-state index in [-0.39, 0.29) is 18.9 Å². The van der Waals surface area contributed by atoms with Crippen molar-refractivity contribution < 1.29 is 20.1 Å². The molecule has 0 aliphatic carbocycles. The zero-order chi connectivity index (χ0) is 35.9. The van der Waals surface area contributed by atoms with E-state index >= 15 is 0 Å². The highest BCUT2D eigenvalue weighted by Gasteiger charge is 2.20. The van der Waals surface area contributed by atoms with Gasteiger partial charge in [-0.1, -0.05) is 199 Å². The molecule has 0 aromatic heterocycles. The van der Waals surface area contributed by atoms with Crippen LogP contribution in [-0.2, 0) is 4.79 Å². The molecular weight excluding hydrogens is 606 g/mol. The maximum Gasteiger partial charge on any atom is 0.222 e. The van der Waals surface area contributed by atoms with E-state index in [1.165, 1.54) is 173 Å². The first-order valence-corrected chi connectivity index (χ1v) is 21.6. The van der Waals surface area contributed by atoms with Crippen molar-refractivity contribution in [2.45, 2.75) is 244 Å². The van der Waals surface area contributed by atoms with Gasteiger partial charge in [-0.15, -0.1) is 0 Å². The van der Waals surface area contributed by atoms with Crippen LogP contribution in [0.25, 0.3) is 0 Å². The van der Waals surface area contributed by atoms with Gasteiger partial charge >= 0.3 is 0 Å². The molecule has 0 radical (unpaired) electrons. The largest absolute Gasteiger partial charge is 0.394 e. The number of carbonyl (C=O) groups excluding carboxylic acids is 1. The fourth-order valence-electron chi connectivity index (χ4n) is 6.63. The van der Waals surface area contributed by atoms with E-state index in [4.69, 9.17) is 0 Å². The predicted molar refractivity (Wildman–Crippen MR) is 213 cm³/mol. The second kappa shape index (κ2) is 39.6. The van der Waals surface area contributed by atoms with Crippen molar-refractivity contribution in [3.63, 3.8) is 0 Å². The fourth-order valence-corrected chi connectivity index (χ4v) is 6.63. The lowest BCUT2D eigenvalue weighted by Gasteiger charge is -2.21. The summed E-state index contributed by atoms with van der Waals surface area (Å²) in [5, 5.41) is 33.0. The number of unbranched alkanes of at least 4 members (excludes halogenated alkanes) is 28. The van der Waals surface area contributed by atoms with Crippen LogP contribution in [0.5, 0.6) is 0 Å². The van der Waals surface area contributed by atoms with Gasteiger partial charge in [0.2, 0.25) is 5.91 Å². The predicted octanol–water partition coefficient (Wildman–Crippen LogP) is 12.2. The summed E-state index contributed by atoms with van der Waals surface area (Å²) in [7, 11) is 0. The molecule has 49 heavy (non-hydrogen) atoms. The van der Waals surface area contributed by atoms with Crippen LogP contribution < -0.4 is 5.32 Å². The normalized spacial score (nSPS) is 13.8. The summed E-state index contributed by atoms with van der Waals surface area (Å²) >= 11 is 0. The molecule has 5 nitrogen and oxygen atoms in total. The van der Waals surface area contributed by atoms with Crippen molar-refractivity contribution in [3.8, 4) is 0 Å². The third-order valence-corrected chi connectivity index (χ3v) is 9.98. The summed E-state index contributed by atoms with van der Waals surface area (Å²) in [6.45, 7) is 4.18. The minimum atomic E-state index is -0.925. The third-order valence-electron chi connectivity index (χ3n) is 9.98. The summed E-state index contributed by atoms with van der Waals surface area (Å²) in [5.41, 5.74) is 0. The van der Waals surface area contributed by atoms with Gasteiger partial charge in [0.1, 0.15) is 0 Å². The molecule has 0 aliphatic rings. The van der Waals surface area contributed by atoms with E-state index in [2.05, 4.69) is 31.3 Å². The summed E-state index contributed by atoms with van der Waals surface area (Å²) in [4.78, 5) is 12.4. The first-order valence-electron chi connectivity index (χ1n) is 21.6. The van der Waals surface area contributed by atoms with Crippen molar-refractivity contribution in [1.82, 2.24) is 5.32 Å². The Balaban J connectivity index is 3.56.